The maximum Gasteiger partial charge on any atom is 0.137 e. The Morgan fingerprint density at radius 2 is 2.32 bits per heavy atom. The number of rotatable bonds is 7. The second kappa shape index (κ2) is 7.83. The number of hydrazone groups is 1. The van der Waals surface area contributed by atoms with Crippen molar-refractivity contribution >= 4 is 17.9 Å². The number of ether oxygens (including phenoxy) is 1. The molecular weight excluding hydrogens is 266 g/mol. The van der Waals surface area contributed by atoms with Gasteiger partial charge in [0, 0.05) is 0 Å². The van der Waals surface area contributed by atoms with Gasteiger partial charge >= 0.3 is 0 Å². The number of nitrogens with one attached hydrogen (secondary N) is 1. The molecule has 1 aromatic carbocycles. The van der Waals surface area contributed by atoms with Gasteiger partial charge in [0.25, 0.3) is 0 Å². The molecule has 0 fully saturated rings. The normalized spacial score (nSPS) is 12.6. The van der Waals surface area contributed by atoms with Crippen LogP contribution in [-0.2, 0) is 0 Å². The Balaban J connectivity index is 2.99. The van der Waals surface area contributed by atoms with E-state index in [9.17, 15) is 0 Å². The molecule has 7 heteroatoms. The van der Waals surface area contributed by atoms with Gasteiger partial charge in [-0.05, 0) is 37.7 Å². The summed E-state index contributed by atoms with van der Waals surface area (Å²) in [4.78, 5) is 0. The fourth-order valence-corrected chi connectivity index (χ4v) is 2.05. The van der Waals surface area contributed by atoms with Gasteiger partial charge < -0.3 is 15.8 Å². The summed E-state index contributed by atoms with van der Waals surface area (Å²) in [6.07, 6.45) is 1.94. The summed E-state index contributed by atoms with van der Waals surface area (Å²) >= 11 is 6.13. The number of halogens is 1. The summed E-state index contributed by atoms with van der Waals surface area (Å²) in [5.74, 6) is 6.50. The van der Waals surface area contributed by atoms with Gasteiger partial charge in [0.05, 0.1) is 18.2 Å². The Hall–Kier alpha value is -1.50. The van der Waals surface area contributed by atoms with E-state index in [0.717, 1.165) is 24.9 Å². The van der Waals surface area contributed by atoms with Gasteiger partial charge in [-0.25, -0.2) is 11.0 Å². The summed E-state index contributed by atoms with van der Waals surface area (Å²) in [7, 11) is 3.46. The third-order valence-corrected chi connectivity index (χ3v) is 3.04. The van der Waals surface area contributed by atoms with Crippen LogP contribution in [-0.4, -0.2) is 32.2 Å². The smallest absolute Gasteiger partial charge is 0.137 e. The number of hydrogen-bond donors (Lipinski definition) is 3. The second-order valence-electron chi connectivity index (χ2n) is 3.95. The molecule has 1 unspecified atom stereocenters. The molecule has 0 saturated carbocycles. The summed E-state index contributed by atoms with van der Waals surface area (Å²) in [6, 6.07) is 5.43. The minimum atomic E-state index is -0.115. The number of benzene rings is 1. The number of hydrazine groups is 1. The van der Waals surface area contributed by atoms with Crippen molar-refractivity contribution in [2.75, 3.05) is 20.7 Å². The molecule has 0 amide bonds. The van der Waals surface area contributed by atoms with Crippen LogP contribution in [0.1, 0.15) is 18.0 Å². The Bertz CT molecular complexity index is 427. The van der Waals surface area contributed by atoms with Crippen molar-refractivity contribution in [3.8, 4) is 5.75 Å². The predicted octanol–water partition coefficient (Wildman–Crippen LogP) is 1.08. The van der Waals surface area contributed by atoms with Crippen molar-refractivity contribution in [3.63, 3.8) is 0 Å². The largest absolute Gasteiger partial charge is 0.495 e. The lowest BCUT2D eigenvalue weighted by Gasteiger charge is -2.25. The van der Waals surface area contributed by atoms with Crippen LogP contribution < -0.4 is 21.6 Å². The molecular formula is C12H20ClN5O. The average molecular weight is 286 g/mol. The van der Waals surface area contributed by atoms with Crippen molar-refractivity contribution in [2.45, 2.75) is 12.5 Å². The third-order valence-electron chi connectivity index (χ3n) is 2.75. The van der Waals surface area contributed by atoms with Crippen LogP contribution >= 0.6 is 11.6 Å². The van der Waals surface area contributed by atoms with E-state index < -0.39 is 0 Å². The van der Waals surface area contributed by atoms with E-state index in [0.29, 0.717) is 10.8 Å². The maximum atomic E-state index is 6.13. The van der Waals surface area contributed by atoms with Crippen LogP contribution in [0.4, 0.5) is 0 Å². The van der Waals surface area contributed by atoms with Crippen molar-refractivity contribution in [2.24, 2.45) is 16.7 Å². The van der Waals surface area contributed by atoms with Gasteiger partial charge in [0.2, 0.25) is 0 Å². The topological polar surface area (TPSA) is 88.9 Å². The van der Waals surface area contributed by atoms with Gasteiger partial charge in [-0.15, -0.1) is 0 Å². The zero-order chi connectivity index (χ0) is 14.3. The molecule has 1 aromatic rings. The molecule has 0 aromatic heterocycles. The zero-order valence-corrected chi connectivity index (χ0v) is 11.9. The molecule has 0 aliphatic heterocycles. The molecule has 0 radical (unpaired) electrons. The lowest BCUT2D eigenvalue weighted by molar-refractivity contribution is 0.201. The van der Waals surface area contributed by atoms with Crippen LogP contribution in [0.25, 0.3) is 0 Å². The number of nitrogens with two attached hydrogens (primary N) is 2. The molecule has 0 aliphatic carbocycles. The predicted molar refractivity (Wildman–Crippen MR) is 78.0 cm³/mol. The maximum absolute atomic E-state index is 6.13. The standard InChI is InChI=1S/C12H20ClN5O/c1-16-6-5-11(18(15)17-8-14)9-3-4-12(19-2)10(13)7-9/h3-4,7-8,11,16H,5-6,15H2,1-2H3,(H2,14,17). The lowest BCUT2D eigenvalue weighted by atomic mass is 10.0. The minimum absolute atomic E-state index is 0.115. The van der Waals surface area contributed by atoms with Crippen molar-refractivity contribution in [1.29, 1.82) is 0 Å². The van der Waals surface area contributed by atoms with Crippen LogP contribution in [0.5, 0.6) is 5.75 Å². The first-order valence-electron chi connectivity index (χ1n) is 5.90. The van der Waals surface area contributed by atoms with E-state index in [4.69, 9.17) is 27.9 Å². The SMILES string of the molecule is CNCCC(c1ccc(OC)c(Cl)c1)N(N)/N=C\N. The number of hydrogen-bond acceptors (Lipinski definition) is 5. The van der Waals surface area contributed by atoms with E-state index in [2.05, 4.69) is 10.4 Å². The molecule has 6 nitrogen and oxygen atoms in total. The first-order chi connectivity index (χ1) is 9.13. The Morgan fingerprint density at radius 1 is 1.58 bits per heavy atom. The van der Waals surface area contributed by atoms with Crippen molar-refractivity contribution in [3.05, 3.63) is 28.8 Å². The molecule has 0 heterocycles. The highest BCUT2D eigenvalue weighted by Crippen LogP contribution is 2.30. The molecule has 0 bridgehead atoms. The highest BCUT2D eigenvalue weighted by molar-refractivity contribution is 6.32. The molecule has 1 rings (SSSR count). The van der Waals surface area contributed by atoms with Gasteiger partial charge in [-0.2, -0.15) is 5.10 Å². The molecule has 5 N–H and O–H groups in total. The summed E-state index contributed by atoms with van der Waals surface area (Å²) in [5.41, 5.74) is 6.23. The van der Waals surface area contributed by atoms with Gasteiger partial charge in [-0.3, -0.25) is 0 Å². The van der Waals surface area contributed by atoms with Crippen molar-refractivity contribution in [1.82, 2.24) is 10.4 Å². The average Bonchev–Trinajstić information content (AvgIpc) is 2.39. The van der Waals surface area contributed by atoms with E-state index in [-0.39, 0.29) is 6.04 Å². The monoisotopic (exact) mass is 285 g/mol. The molecule has 0 aliphatic rings. The Labute approximate surface area is 118 Å². The first-order valence-corrected chi connectivity index (χ1v) is 6.28. The molecule has 1 atom stereocenters. The summed E-state index contributed by atoms with van der Waals surface area (Å²) in [5, 5.41) is 8.84. The fourth-order valence-electron chi connectivity index (χ4n) is 1.78. The first kappa shape index (κ1) is 15.6. The van der Waals surface area contributed by atoms with Gasteiger partial charge in [0.1, 0.15) is 12.1 Å². The second-order valence-corrected chi connectivity index (χ2v) is 4.35. The van der Waals surface area contributed by atoms with E-state index >= 15 is 0 Å². The van der Waals surface area contributed by atoms with Gasteiger partial charge in [-0.1, -0.05) is 17.7 Å². The van der Waals surface area contributed by atoms with Gasteiger partial charge in [0.15, 0.2) is 0 Å². The Morgan fingerprint density at radius 3 is 2.84 bits per heavy atom. The zero-order valence-electron chi connectivity index (χ0n) is 11.1. The van der Waals surface area contributed by atoms with Crippen LogP contribution in [0, 0.1) is 0 Å². The van der Waals surface area contributed by atoms with Crippen LogP contribution in [0.2, 0.25) is 5.02 Å². The Kier molecular flexibility index (Phi) is 6.41. The lowest BCUT2D eigenvalue weighted by Crippen LogP contribution is -2.32. The number of methoxy groups -OCH3 is 1. The van der Waals surface area contributed by atoms with E-state index in [1.54, 1.807) is 7.11 Å². The van der Waals surface area contributed by atoms with Crippen LogP contribution in [0.3, 0.4) is 0 Å². The number of nitrogens with zero attached hydrogens (tertiary/aromatic N) is 2. The highest BCUT2D eigenvalue weighted by atomic mass is 35.5. The highest BCUT2D eigenvalue weighted by Gasteiger charge is 2.17. The van der Waals surface area contributed by atoms with Crippen LogP contribution in [0.15, 0.2) is 23.3 Å². The molecule has 0 saturated heterocycles. The quantitative estimate of drug-likeness (QED) is 0.302. The fraction of sp³-hybridized carbons (Fsp3) is 0.417. The summed E-state index contributed by atoms with van der Waals surface area (Å²) < 4.78 is 5.13. The molecule has 106 valence electrons. The third kappa shape index (κ3) is 4.27. The molecule has 0 spiro atoms. The van der Waals surface area contributed by atoms with Crippen molar-refractivity contribution < 1.29 is 4.74 Å². The van der Waals surface area contributed by atoms with E-state index in [1.165, 1.54) is 5.12 Å². The minimum Gasteiger partial charge on any atom is -0.495 e. The summed E-state index contributed by atoms with van der Waals surface area (Å²) in [6.45, 7) is 0.794. The van der Waals surface area contributed by atoms with E-state index in [1.807, 2.05) is 25.2 Å². The molecule has 19 heavy (non-hydrogen) atoms.